The lowest BCUT2D eigenvalue weighted by molar-refractivity contribution is 0.102. The van der Waals surface area contributed by atoms with E-state index in [1.165, 1.54) is 0 Å². The Morgan fingerprint density at radius 3 is 2.56 bits per heavy atom. The van der Waals surface area contributed by atoms with Gasteiger partial charge in [-0.05, 0) is 43.7 Å². The average molecular weight is 304 g/mol. The van der Waals surface area contributed by atoms with Crippen LogP contribution in [0, 0.1) is 13.8 Å². The molecule has 1 N–H and O–H groups in total. The van der Waals surface area contributed by atoms with Gasteiger partial charge in [-0.3, -0.25) is 4.79 Å². The van der Waals surface area contributed by atoms with Gasteiger partial charge in [-0.2, -0.15) is 0 Å². The number of anilines is 1. The number of hydrogen-bond acceptors (Lipinski definition) is 1. The first kappa shape index (κ1) is 12.8. The summed E-state index contributed by atoms with van der Waals surface area (Å²) >= 11 is 3.38. The largest absolute Gasteiger partial charge is 0.322 e. The molecule has 1 amide bonds. The van der Waals surface area contributed by atoms with E-state index in [0.29, 0.717) is 5.56 Å². The monoisotopic (exact) mass is 303 g/mol. The molecule has 0 unspecified atom stereocenters. The van der Waals surface area contributed by atoms with Crippen molar-refractivity contribution >= 4 is 27.5 Å². The molecule has 92 valence electrons. The number of amides is 1. The molecule has 0 saturated heterocycles. The van der Waals surface area contributed by atoms with E-state index in [9.17, 15) is 4.79 Å². The molecule has 0 aliphatic rings. The van der Waals surface area contributed by atoms with Crippen molar-refractivity contribution in [3.8, 4) is 0 Å². The van der Waals surface area contributed by atoms with Crippen LogP contribution in [0.4, 0.5) is 5.69 Å². The van der Waals surface area contributed by atoms with Gasteiger partial charge in [0.25, 0.3) is 5.91 Å². The third-order valence-electron chi connectivity index (χ3n) is 2.71. The maximum absolute atomic E-state index is 12.1. The SMILES string of the molecule is Cc1ccc(C(=O)Nc2cccc(Br)c2)c(C)c1. The highest BCUT2D eigenvalue weighted by molar-refractivity contribution is 9.10. The average Bonchev–Trinajstić information content (AvgIpc) is 2.28. The second kappa shape index (κ2) is 5.36. The molecule has 3 heteroatoms. The van der Waals surface area contributed by atoms with Crippen LogP contribution in [0.3, 0.4) is 0 Å². The Morgan fingerprint density at radius 1 is 1.11 bits per heavy atom. The molecule has 0 aliphatic heterocycles. The van der Waals surface area contributed by atoms with Crippen LogP contribution in [0.1, 0.15) is 21.5 Å². The summed E-state index contributed by atoms with van der Waals surface area (Å²) < 4.78 is 0.945. The number of rotatable bonds is 2. The predicted molar refractivity (Wildman–Crippen MR) is 78.0 cm³/mol. The molecule has 0 aliphatic carbocycles. The maximum Gasteiger partial charge on any atom is 0.255 e. The molecular formula is C15H14BrNO. The van der Waals surface area contributed by atoms with Gasteiger partial charge in [0.1, 0.15) is 0 Å². The molecule has 0 aromatic heterocycles. The van der Waals surface area contributed by atoms with Crippen molar-refractivity contribution in [2.75, 3.05) is 5.32 Å². The third-order valence-corrected chi connectivity index (χ3v) is 3.20. The highest BCUT2D eigenvalue weighted by atomic mass is 79.9. The first-order chi connectivity index (χ1) is 8.56. The van der Waals surface area contributed by atoms with E-state index in [1.807, 2.05) is 56.3 Å². The van der Waals surface area contributed by atoms with E-state index in [2.05, 4.69) is 21.2 Å². The molecule has 2 aromatic carbocycles. The molecular weight excluding hydrogens is 290 g/mol. The minimum atomic E-state index is -0.0781. The minimum Gasteiger partial charge on any atom is -0.322 e. The zero-order valence-electron chi connectivity index (χ0n) is 10.3. The van der Waals surface area contributed by atoms with Crippen LogP contribution in [-0.4, -0.2) is 5.91 Å². The van der Waals surface area contributed by atoms with Gasteiger partial charge in [0.05, 0.1) is 0 Å². The van der Waals surface area contributed by atoms with Crippen molar-refractivity contribution in [3.05, 3.63) is 63.6 Å². The minimum absolute atomic E-state index is 0.0781. The zero-order chi connectivity index (χ0) is 13.1. The summed E-state index contributed by atoms with van der Waals surface area (Å²) in [5.41, 5.74) is 3.64. The van der Waals surface area contributed by atoms with Gasteiger partial charge in [0.2, 0.25) is 0 Å². The van der Waals surface area contributed by atoms with E-state index in [4.69, 9.17) is 0 Å². The van der Waals surface area contributed by atoms with Crippen LogP contribution < -0.4 is 5.32 Å². The number of halogens is 1. The summed E-state index contributed by atoms with van der Waals surface area (Å²) in [6, 6.07) is 13.4. The Kier molecular flexibility index (Phi) is 3.82. The van der Waals surface area contributed by atoms with Crippen molar-refractivity contribution in [2.45, 2.75) is 13.8 Å². The van der Waals surface area contributed by atoms with Crippen LogP contribution in [-0.2, 0) is 0 Å². The molecule has 0 spiro atoms. The summed E-state index contributed by atoms with van der Waals surface area (Å²) in [7, 11) is 0. The van der Waals surface area contributed by atoms with Gasteiger partial charge < -0.3 is 5.32 Å². The number of benzene rings is 2. The predicted octanol–water partition coefficient (Wildman–Crippen LogP) is 4.32. The lowest BCUT2D eigenvalue weighted by Gasteiger charge is -2.08. The Balaban J connectivity index is 2.22. The van der Waals surface area contributed by atoms with E-state index >= 15 is 0 Å². The van der Waals surface area contributed by atoms with E-state index in [-0.39, 0.29) is 5.91 Å². The molecule has 2 nitrogen and oxygen atoms in total. The van der Waals surface area contributed by atoms with Crippen molar-refractivity contribution in [1.82, 2.24) is 0 Å². The number of carbonyl (C=O) groups excluding carboxylic acids is 1. The van der Waals surface area contributed by atoms with Gasteiger partial charge >= 0.3 is 0 Å². The van der Waals surface area contributed by atoms with Gasteiger partial charge in [-0.15, -0.1) is 0 Å². The number of nitrogens with one attached hydrogen (secondary N) is 1. The molecule has 18 heavy (non-hydrogen) atoms. The smallest absolute Gasteiger partial charge is 0.255 e. The maximum atomic E-state index is 12.1. The first-order valence-corrected chi connectivity index (χ1v) is 6.50. The Hall–Kier alpha value is -1.61. The topological polar surface area (TPSA) is 29.1 Å². The van der Waals surface area contributed by atoms with Crippen LogP contribution in [0.25, 0.3) is 0 Å². The van der Waals surface area contributed by atoms with Gasteiger partial charge in [-0.25, -0.2) is 0 Å². The van der Waals surface area contributed by atoms with Crippen LogP contribution in [0.2, 0.25) is 0 Å². The Labute approximate surface area is 115 Å². The highest BCUT2D eigenvalue weighted by Gasteiger charge is 2.09. The summed E-state index contributed by atoms with van der Waals surface area (Å²) in [4.78, 5) is 12.1. The summed E-state index contributed by atoms with van der Waals surface area (Å²) in [5, 5.41) is 2.89. The quantitative estimate of drug-likeness (QED) is 0.879. The van der Waals surface area contributed by atoms with E-state index < -0.39 is 0 Å². The molecule has 0 atom stereocenters. The first-order valence-electron chi connectivity index (χ1n) is 5.70. The van der Waals surface area contributed by atoms with E-state index in [1.54, 1.807) is 0 Å². The fourth-order valence-electron chi connectivity index (χ4n) is 1.83. The van der Waals surface area contributed by atoms with Crippen LogP contribution >= 0.6 is 15.9 Å². The third kappa shape index (κ3) is 2.99. The molecule has 2 aromatic rings. The highest BCUT2D eigenvalue weighted by Crippen LogP contribution is 2.17. The van der Waals surface area contributed by atoms with Gasteiger partial charge in [-0.1, -0.05) is 39.7 Å². The zero-order valence-corrected chi connectivity index (χ0v) is 11.9. The fourth-order valence-corrected chi connectivity index (χ4v) is 2.23. The lowest BCUT2D eigenvalue weighted by Crippen LogP contribution is -2.13. The van der Waals surface area contributed by atoms with Crippen molar-refractivity contribution in [1.29, 1.82) is 0 Å². The van der Waals surface area contributed by atoms with Crippen molar-refractivity contribution < 1.29 is 4.79 Å². The van der Waals surface area contributed by atoms with Crippen LogP contribution in [0.5, 0.6) is 0 Å². The van der Waals surface area contributed by atoms with Crippen molar-refractivity contribution in [2.24, 2.45) is 0 Å². The molecule has 0 bridgehead atoms. The second-order valence-electron chi connectivity index (χ2n) is 4.28. The fraction of sp³-hybridized carbons (Fsp3) is 0.133. The summed E-state index contributed by atoms with van der Waals surface area (Å²) in [6.45, 7) is 3.96. The molecule has 0 radical (unpaired) electrons. The van der Waals surface area contributed by atoms with Crippen molar-refractivity contribution in [3.63, 3.8) is 0 Å². The molecule has 0 heterocycles. The lowest BCUT2D eigenvalue weighted by atomic mass is 10.1. The molecule has 0 fully saturated rings. The van der Waals surface area contributed by atoms with Gasteiger partial charge in [0.15, 0.2) is 0 Å². The molecule has 0 saturated carbocycles. The number of carbonyl (C=O) groups is 1. The molecule has 2 rings (SSSR count). The number of hydrogen-bond donors (Lipinski definition) is 1. The van der Waals surface area contributed by atoms with Crippen LogP contribution in [0.15, 0.2) is 46.9 Å². The standard InChI is InChI=1S/C15H14BrNO/c1-10-6-7-14(11(2)8-10)15(18)17-13-5-3-4-12(16)9-13/h3-9H,1-2H3,(H,17,18). The second-order valence-corrected chi connectivity index (χ2v) is 5.20. The van der Waals surface area contributed by atoms with Gasteiger partial charge in [0, 0.05) is 15.7 Å². The Morgan fingerprint density at radius 2 is 1.89 bits per heavy atom. The number of aryl methyl sites for hydroxylation is 2. The Bertz CT molecular complexity index is 593. The normalized spacial score (nSPS) is 10.2. The summed E-state index contributed by atoms with van der Waals surface area (Å²) in [5.74, 6) is -0.0781. The summed E-state index contributed by atoms with van der Waals surface area (Å²) in [6.07, 6.45) is 0. The van der Waals surface area contributed by atoms with E-state index in [0.717, 1.165) is 21.3 Å².